The van der Waals surface area contributed by atoms with Crippen LogP contribution in [0, 0.1) is 13.8 Å². The Kier molecular flexibility index (Phi) is 5.07. The third-order valence-electron chi connectivity index (χ3n) is 4.21. The second kappa shape index (κ2) is 7.42. The van der Waals surface area contributed by atoms with Crippen LogP contribution in [-0.4, -0.2) is 36.2 Å². The number of nitrogens with zero attached hydrogens (tertiary/aromatic N) is 2. The average molecular weight is 341 g/mol. The fourth-order valence-electron chi connectivity index (χ4n) is 2.91. The Bertz CT molecular complexity index is 777. The molecule has 0 bridgehead atoms. The Morgan fingerprint density at radius 1 is 1.28 bits per heavy atom. The lowest BCUT2D eigenvalue weighted by atomic mass is 10.1. The van der Waals surface area contributed by atoms with E-state index in [0.717, 1.165) is 34.8 Å². The molecule has 6 heteroatoms. The van der Waals surface area contributed by atoms with Gasteiger partial charge in [-0.1, -0.05) is 12.1 Å². The molecule has 0 radical (unpaired) electrons. The number of amides is 2. The molecule has 0 saturated carbocycles. The van der Waals surface area contributed by atoms with Gasteiger partial charge in [0.25, 0.3) is 0 Å². The van der Waals surface area contributed by atoms with Crippen LogP contribution in [0.1, 0.15) is 23.4 Å². The van der Waals surface area contributed by atoms with Crippen LogP contribution >= 0.6 is 0 Å². The van der Waals surface area contributed by atoms with E-state index in [0.29, 0.717) is 25.4 Å². The van der Waals surface area contributed by atoms with E-state index in [1.807, 2.05) is 44.2 Å². The number of benzene rings is 1. The number of anilines is 1. The third kappa shape index (κ3) is 3.84. The highest BCUT2D eigenvalue weighted by Crippen LogP contribution is 2.33. The van der Waals surface area contributed by atoms with Crippen molar-refractivity contribution in [3.63, 3.8) is 0 Å². The molecule has 3 rings (SSSR count). The van der Waals surface area contributed by atoms with E-state index in [1.54, 1.807) is 12.0 Å². The van der Waals surface area contributed by atoms with Crippen LogP contribution in [0.15, 0.2) is 30.3 Å². The number of hydrogen-bond acceptors (Lipinski definition) is 4. The first-order valence-electron chi connectivity index (χ1n) is 8.37. The number of nitrogens with one attached hydrogen (secondary N) is 1. The topological polar surface area (TPSA) is 63.7 Å². The lowest BCUT2D eigenvalue weighted by Gasteiger charge is -2.27. The summed E-state index contributed by atoms with van der Waals surface area (Å²) in [4.78, 5) is 18.9. The smallest absolute Gasteiger partial charge is 0.322 e. The quantitative estimate of drug-likeness (QED) is 0.908. The number of para-hydroxylation sites is 1. The molecule has 0 unspecified atom stereocenters. The number of methoxy groups -OCH3 is 1. The molecule has 2 heterocycles. The maximum atomic E-state index is 12.7. The van der Waals surface area contributed by atoms with E-state index in [4.69, 9.17) is 9.47 Å². The van der Waals surface area contributed by atoms with Crippen LogP contribution < -0.4 is 14.8 Å². The number of aryl methyl sites for hydroxylation is 2. The molecule has 132 valence electrons. The van der Waals surface area contributed by atoms with Gasteiger partial charge in [-0.15, -0.1) is 0 Å². The molecule has 0 spiro atoms. The van der Waals surface area contributed by atoms with Gasteiger partial charge in [0, 0.05) is 17.8 Å². The number of aromatic nitrogens is 1. The van der Waals surface area contributed by atoms with E-state index in [2.05, 4.69) is 10.3 Å². The number of rotatable bonds is 2. The predicted molar refractivity (Wildman–Crippen MR) is 96.2 cm³/mol. The fourth-order valence-corrected chi connectivity index (χ4v) is 2.91. The molecule has 25 heavy (non-hydrogen) atoms. The van der Waals surface area contributed by atoms with E-state index in [9.17, 15) is 4.79 Å². The molecule has 1 aliphatic rings. The number of hydrogen-bond donors (Lipinski definition) is 1. The van der Waals surface area contributed by atoms with Crippen LogP contribution in [-0.2, 0) is 6.54 Å². The molecule has 6 nitrogen and oxygen atoms in total. The minimum atomic E-state index is -0.135. The van der Waals surface area contributed by atoms with Crippen molar-refractivity contribution in [2.24, 2.45) is 0 Å². The van der Waals surface area contributed by atoms with Crippen molar-refractivity contribution in [2.45, 2.75) is 26.8 Å². The highest BCUT2D eigenvalue weighted by molar-refractivity contribution is 5.89. The van der Waals surface area contributed by atoms with Gasteiger partial charge in [-0.3, -0.25) is 4.98 Å². The number of pyridine rings is 1. The van der Waals surface area contributed by atoms with Crippen molar-refractivity contribution in [1.29, 1.82) is 0 Å². The number of ether oxygens (including phenoxy) is 2. The molecule has 0 aliphatic carbocycles. The summed E-state index contributed by atoms with van der Waals surface area (Å²) in [7, 11) is 1.62. The average Bonchev–Trinajstić information content (AvgIpc) is 2.57. The first kappa shape index (κ1) is 17.1. The van der Waals surface area contributed by atoms with Crippen molar-refractivity contribution in [3.05, 3.63) is 47.3 Å². The summed E-state index contributed by atoms with van der Waals surface area (Å²) in [5, 5.41) is 2.97. The first-order chi connectivity index (χ1) is 12.1. The molecule has 1 aromatic carbocycles. The van der Waals surface area contributed by atoms with Crippen molar-refractivity contribution >= 4 is 11.7 Å². The first-order valence-corrected chi connectivity index (χ1v) is 8.37. The predicted octanol–water partition coefficient (Wildman–Crippen LogP) is 3.52. The summed E-state index contributed by atoms with van der Waals surface area (Å²) in [6.45, 7) is 5.46. The Morgan fingerprint density at radius 3 is 2.88 bits per heavy atom. The van der Waals surface area contributed by atoms with E-state index >= 15 is 0 Å². The zero-order chi connectivity index (χ0) is 17.8. The fraction of sp³-hybridized carbons (Fsp3) is 0.368. The number of carbonyl (C=O) groups is 1. The van der Waals surface area contributed by atoms with Gasteiger partial charge in [0.1, 0.15) is 0 Å². The SMILES string of the molecule is COc1cccc2c1OCCCN(C(=O)Nc1ccc(C)nc1C)C2. The minimum Gasteiger partial charge on any atom is -0.493 e. The summed E-state index contributed by atoms with van der Waals surface area (Å²) in [5.74, 6) is 1.41. The van der Waals surface area contributed by atoms with Crippen molar-refractivity contribution in [2.75, 3.05) is 25.6 Å². The van der Waals surface area contributed by atoms with Crippen LogP contribution in [0.3, 0.4) is 0 Å². The largest absolute Gasteiger partial charge is 0.493 e. The number of fused-ring (bicyclic) bond motifs is 1. The van der Waals surface area contributed by atoms with E-state index < -0.39 is 0 Å². The van der Waals surface area contributed by atoms with Gasteiger partial charge in [0.15, 0.2) is 11.5 Å². The molecule has 0 atom stereocenters. The van der Waals surface area contributed by atoms with Crippen LogP contribution in [0.2, 0.25) is 0 Å². The Balaban J connectivity index is 1.80. The van der Waals surface area contributed by atoms with Gasteiger partial charge in [-0.25, -0.2) is 4.79 Å². The second-order valence-corrected chi connectivity index (χ2v) is 6.09. The summed E-state index contributed by atoms with van der Waals surface area (Å²) in [6.07, 6.45) is 0.760. The zero-order valence-corrected chi connectivity index (χ0v) is 14.8. The maximum Gasteiger partial charge on any atom is 0.322 e. The molecule has 1 aliphatic heterocycles. The van der Waals surface area contributed by atoms with Gasteiger partial charge in [-0.2, -0.15) is 0 Å². The lowest BCUT2D eigenvalue weighted by Crippen LogP contribution is -2.37. The summed E-state index contributed by atoms with van der Waals surface area (Å²) >= 11 is 0. The lowest BCUT2D eigenvalue weighted by molar-refractivity contribution is 0.191. The van der Waals surface area contributed by atoms with Gasteiger partial charge in [-0.05, 0) is 38.5 Å². The van der Waals surface area contributed by atoms with Crippen LogP contribution in [0.4, 0.5) is 10.5 Å². The van der Waals surface area contributed by atoms with Gasteiger partial charge >= 0.3 is 6.03 Å². The number of urea groups is 1. The Morgan fingerprint density at radius 2 is 2.12 bits per heavy atom. The minimum absolute atomic E-state index is 0.135. The van der Waals surface area contributed by atoms with Crippen molar-refractivity contribution in [1.82, 2.24) is 9.88 Å². The van der Waals surface area contributed by atoms with Crippen molar-refractivity contribution in [3.8, 4) is 11.5 Å². The van der Waals surface area contributed by atoms with Crippen LogP contribution in [0.5, 0.6) is 11.5 Å². The summed E-state index contributed by atoms with van der Waals surface area (Å²) < 4.78 is 11.2. The Hall–Kier alpha value is -2.76. The van der Waals surface area contributed by atoms with E-state index in [1.165, 1.54) is 0 Å². The normalized spacial score (nSPS) is 14.0. The molecule has 2 aromatic rings. The monoisotopic (exact) mass is 341 g/mol. The molecule has 1 aromatic heterocycles. The molecule has 1 N–H and O–H groups in total. The summed E-state index contributed by atoms with van der Waals surface area (Å²) in [5.41, 5.74) is 3.42. The summed E-state index contributed by atoms with van der Waals surface area (Å²) in [6, 6.07) is 9.38. The maximum absolute atomic E-state index is 12.7. The van der Waals surface area contributed by atoms with Gasteiger partial charge in [0.2, 0.25) is 0 Å². The zero-order valence-electron chi connectivity index (χ0n) is 14.8. The highest BCUT2D eigenvalue weighted by atomic mass is 16.5. The molecular weight excluding hydrogens is 318 g/mol. The van der Waals surface area contributed by atoms with Gasteiger partial charge in [0.05, 0.1) is 31.6 Å². The van der Waals surface area contributed by atoms with E-state index in [-0.39, 0.29) is 6.03 Å². The van der Waals surface area contributed by atoms with Gasteiger partial charge < -0.3 is 19.7 Å². The van der Waals surface area contributed by atoms with Crippen LogP contribution in [0.25, 0.3) is 0 Å². The molecule has 0 fully saturated rings. The highest BCUT2D eigenvalue weighted by Gasteiger charge is 2.21. The molecular formula is C19H23N3O3. The second-order valence-electron chi connectivity index (χ2n) is 6.09. The molecule has 0 saturated heterocycles. The number of carbonyl (C=O) groups excluding carboxylic acids is 1. The van der Waals surface area contributed by atoms with Crippen molar-refractivity contribution < 1.29 is 14.3 Å². The third-order valence-corrected chi connectivity index (χ3v) is 4.21. The standard InChI is InChI=1S/C19H23N3O3/c1-13-8-9-16(14(2)20-13)21-19(23)22-10-5-11-25-18-15(12-22)6-4-7-17(18)24-3/h4,6-9H,5,10-12H2,1-3H3,(H,21,23). The molecule has 2 amide bonds. The Labute approximate surface area is 147 Å².